The van der Waals surface area contributed by atoms with Crippen molar-refractivity contribution in [1.82, 2.24) is 0 Å². The monoisotopic (exact) mass is 196 g/mol. The Labute approximate surface area is 84.1 Å². The molecule has 1 N–H and O–H groups in total. The molecule has 0 aromatic rings. The number of hydrogen-bond acceptors (Lipinski definition) is 3. The fraction of sp³-hybridized carbons (Fsp3) is 0.545. The van der Waals surface area contributed by atoms with Gasteiger partial charge in [-0.3, -0.25) is 4.79 Å². The number of aliphatic hydroxyl groups is 1. The van der Waals surface area contributed by atoms with E-state index in [1.165, 1.54) is 0 Å². The van der Waals surface area contributed by atoms with Crippen LogP contribution in [0.3, 0.4) is 0 Å². The van der Waals surface area contributed by atoms with Gasteiger partial charge in [-0.15, -0.1) is 6.58 Å². The summed E-state index contributed by atoms with van der Waals surface area (Å²) in [7, 11) is 0. The van der Waals surface area contributed by atoms with Crippen LogP contribution in [0.2, 0.25) is 0 Å². The number of cyclic esters (lactones) is 1. The standard InChI is InChI=1S/C11H16O3/c1-3-5-8-7-14-11(13)10(8)9(12)6-4-2/h3-4,6,8-10,12H,1,5,7H2,2H3/b6-4+/t8-,9+,10-/m0/s1. The number of ether oxygens (including phenoxy) is 1. The molecule has 1 fully saturated rings. The van der Waals surface area contributed by atoms with Crippen molar-refractivity contribution in [2.24, 2.45) is 11.8 Å². The Balaban J connectivity index is 2.70. The van der Waals surface area contributed by atoms with Crippen LogP contribution >= 0.6 is 0 Å². The Kier molecular flexibility index (Phi) is 3.89. The van der Waals surface area contributed by atoms with Crippen molar-refractivity contribution in [1.29, 1.82) is 0 Å². The minimum Gasteiger partial charge on any atom is -0.465 e. The molecule has 0 aromatic carbocycles. The number of carbonyl (C=O) groups excluding carboxylic acids is 1. The molecular weight excluding hydrogens is 180 g/mol. The van der Waals surface area contributed by atoms with E-state index >= 15 is 0 Å². The average Bonchev–Trinajstić information content (AvgIpc) is 2.48. The van der Waals surface area contributed by atoms with E-state index in [-0.39, 0.29) is 11.9 Å². The maximum Gasteiger partial charge on any atom is 0.312 e. The van der Waals surface area contributed by atoms with Crippen LogP contribution in [0.25, 0.3) is 0 Å². The van der Waals surface area contributed by atoms with Gasteiger partial charge in [-0.05, 0) is 13.3 Å². The number of rotatable bonds is 4. The van der Waals surface area contributed by atoms with Crippen LogP contribution < -0.4 is 0 Å². The summed E-state index contributed by atoms with van der Waals surface area (Å²) in [6, 6.07) is 0. The van der Waals surface area contributed by atoms with Crippen LogP contribution in [0.1, 0.15) is 13.3 Å². The second-order valence-electron chi connectivity index (χ2n) is 3.46. The summed E-state index contributed by atoms with van der Waals surface area (Å²) in [5, 5.41) is 9.69. The highest BCUT2D eigenvalue weighted by Gasteiger charge is 2.39. The van der Waals surface area contributed by atoms with E-state index in [1.54, 1.807) is 18.2 Å². The van der Waals surface area contributed by atoms with Gasteiger partial charge in [0.05, 0.1) is 18.6 Å². The number of esters is 1. The van der Waals surface area contributed by atoms with Gasteiger partial charge in [-0.1, -0.05) is 18.2 Å². The maximum atomic E-state index is 11.3. The van der Waals surface area contributed by atoms with Crippen LogP contribution in [-0.2, 0) is 9.53 Å². The van der Waals surface area contributed by atoms with E-state index in [2.05, 4.69) is 6.58 Å². The lowest BCUT2D eigenvalue weighted by Gasteiger charge is -2.16. The molecule has 78 valence electrons. The highest BCUT2D eigenvalue weighted by Crippen LogP contribution is 2.28. The van der Waals surface area contributed by atoms with Crippen molar-refractivity contribution in [2.75, 3.05) is 6.61 Å². The fourth-order valence-corrected chi connectivity index (χ4v) is 1.75. The Morgan fingerprint density at radius 2 is 2.50 bits per heavy atom. The molecule has 0 bridgehead atoms. The molecule has 0 aromatic heterocycles. The van der Waals surface area contributed by atoms with Gasteiger partial charge < -0.3 is 9.84 Å². The van der Waals surface area contributed by atoms with E-state index < -0.39 is 12.0 Å². The van der Waals surface area contributed by atoms with Crippen molar-refractivity contribution in [3.63, 3.8) is 0 Å². The molecule has 1 saturated heterocycles. The van der Waals surface area contributed by atoms with Crippen molar-refractivity contribution >= 4 is 5.97 Å². The summed E-state index contributed by atoms with van der Waals surface area (Å²) in [4.78, 5) is 11.3. The molecular formula is C11H16O3. The highest BCUT2D eigenvalue weighted by atomic mass is 16.5. The lowest BCUT2D eigenvalue weighted by molar-refractivity contribution is -0.143. The summed E-state index contributed by atoms with van der Waals surface area (Å²) in [5.41, 5.74) is 0. The van der Waals surface area contributed by atoms with Gasteiger partial charge in [0.2, 0.25) is 0 Å². The smallest absolute Gasteiger partial charge is 0.312 e. The molecule has 3 nitrogen and oxygen atoms in total. The average molecular weight is 196 g/mol. The predicted octanol–water partition coefficient (Wildman–Crippen LogP) is 1.29. The second-order valence-corrected chi connectivity index (χ2v) is 3.46. The Hall–Kier alpha value is -1.09. The highest BCUT2D eigenvalue weighted by molar-refractivity contribution is 5.75. The minimum absolute atomic E-state index is 0.0613. The predicted molar refractivity (Wildman–Crippen MR) is 53.6 cm³/mol. The van der Waals surface area contributed by atoms with Gasteiger partial charge >= 0.3 is 5.97 Å². The van der Waals surface area contributed by atoms with Crippen molar-refractivity contribution < 1.29 is 14.6 Å². The molecule has 0 amide bonds. The number of carbonyl (C=O) groups is 1. The summed E-state index contributed by atoms with van der Waals surface area (Å²) in [5.74, 6) is -0.669. The largest absolute Gasteiger partial charge is 0.465 e. The molecule has 0 radical (unpaired) electrons. The fourth-order valence-electron chi connectivity index (χ4n) is 1.75. The normalized spacial score (nSPS) is 29.1. The Morgan fingerprint density at radius 3 is 3.07 bits per heavy atom. The van der Waals surface area contributed by atoms with Crippen LogP contribution in [-0.4, -0.2) is 23.8 Å². The first-order valence-corrected chi connectivity index (χ1v) is 4.79. The molecule has 3 heteroatoms. The van der Waals surface area contributed by atoms with E-state index in [4.69, 9.17) is 4.74 Å². The first kappa shape index (κ1) is 11.0. The van der Waals surface area contributed by atoms with E-state index in [1.807, 2.05) is 6.92 Å². The third kappa shape index (κ3) is 2.23. The maximum absolute atomic E-state index is 11.3. The third-order valence-electron chi connectivity index (χ3n) is 2.45. The SMILES string of the molecule is C=CC[C@H]1COC(=O)[C@@H]1[C@H](O)/C=C/C. The zero-order chi connectivity index (χ0) is 10.6. The zero-order valence-electron chi connectivity index (χ0n) is 8.35. The summed E-state index contributed by atoms with van der Waals surface area (Å²) in [6.07, 6.45) is 5.07. The van der Waals surface area contributed by atoms with Crippen molar-refractivity contribution in [2.45, 2.75) is 19.4 Å². The number of allylic oxidation sites excluding steroid dienone is 2. The van der Waals surface area contributed by atoms with Gasteiger partial charge in [-0.2, -0.15) is 0 Å². The molecule has 0 spiro atoms. The molecule has 3 atom stereocenters. The first-order chi connectivity index (χ1) is 6.70. The van der Waals surface area contributed by atoms with Gasteiger partial charge in [0.15, 0.2) is 0 Å². The van der Waals surface area contributed by atoms with E-state index in [0.29, 0.717) is 13.0 Å². The molecule has 1 aliphatic rings. The molecule has 0 unspecified atom stereocenters. The first-order valence-electron chi connectivity index (χ1n) is 4.79. The van der Waals surface area contributed by atoms with Crippen LogP contribution in [0.5, 0.6) is 0 Å². The third-order valence-corrected chi connectivity index (χ3v) is 2.45. The topological polar surface area (TPSA) is 46.5 Å². The van der Waals surface area contributed by atoms with Crippen LogP contribution in [0, 0.1) is 11.8 Å². The molecule has 1 rings (SSSR count). The van der Waals surface area contributed by atoms with Gasteiger partial charge in [0.25, 0.3) is 0 Å². The second kappa shape index (κ2) is 4.96. The quantitative estimate of drug-likeness (QED) is 0.544. The molecule has 1 heterocycles. The summed E-state index contributed by atoms with van der Waals surface area (Å²) < 4.78 is 4.92. The summed E-state index contributed by atoms with van der Waals surface area (Å²) in [6.45, 7) is 5.83. The number of hydrogen-bond donors (Lipinski definition) is 1. The molecule has 1 aliphatic heterocycles. The molecule has 14 heavy (non-hydrogen) atoms. The lowest BCUT2D eigenvalue weighted by atomic mass is 9.87. The van der Waals surface area contributed by atoms with E-state index in [0.717, 1.165) is 0 Å². The number of aliphatic hydroxyl groups excluding tert-OH is 1. The molecule has 0 aliphatic carbocycles. The Bertz CT molecular complexity index is 245. The minimum atomic E-state index is -0.736. The van der Waals surface area contributed by atoms with Crippen LogP contribution in [0.15, 0.2) is 24.8 Å². The summed E-state index contributed by atoms with van der Waals surface area (Å²) >= 11 is 0. The van der Waals surface area contributed by atoms with Crippen molar-refractivity contribution in [3.8, 4) is 0 Å². The van der Waals surface area contributed by atoms with Gasteiger partial charge in [0, 0.05) is 5.92 Å². The Morgan fingerprint density at radius 1 is 1.79 bits per heavy atom. The zero-order valence-corrected chi connectivity index (χ0v) is 8.35. The van der Waals surface area contributed by atoms with Crippen LogP contribution in [0.4, 0.5) is 0 Å². The van der Waals surface area contributed by atoms with Crippen molar-refractivity contribution in [3.05, 3.63) is 24.8 Å². The van der Waals surface area contributed by atoms with E-state index in [9.17, 15) is 9.90 Å². The van der Waals surface area contributed by atoms with Gasteiger partial charge in [0.1, 0.15) is 0 Å². The molecule has 0 saturated carbocycles. The lowest BCUT2D eigenvalue weighted by Crippen LogP contribution is -2.28. The van der Waals surface area contributed by atoms with Gasteiger partial charge in [-0.25, -0.2) is 0 Å².